The molecule has 2 aromatic carbocycles. The fourth-order valence-electron chi connectivity index (χ4n) is 4.87. The first-order chi connectivity index (χ1) is 19.1. The predicted molar refractivity (Wildman–Crippen MR) is 150 cm³/mol. The van der Waals surface area contributed by atoms with Gasteiger partial charge in [-0.3, -0.25) is 14.1 Å². The maximum atomic E-state index is 12.4. The van der Waals surface area contributed by atoms with E-state index in [1.807, 2.05) is 35.0 Å². The van der Waals surface area contributed by atoms with E-state index in [2.05, 4.69) is 51.6 Å². The third-order valence-electron chi connectivity index (χ3n) is 6.91. The van der Waals surface area contributed by atoms with Crippen LogP contribution in [0.5, 0.6) is 0 Å². The van der Waals surface area contributed by atoms with Crippen LogP contribution in [-0.2, 0) is 20.8 Å². The number of hydroxylamine groups is 2. The summed E-state index contributed by atoms with van der Waals surface area (Å²) in [6.45, 7) is 7.01. The average Bonchev–Trinajstić information content (AvgIpc) is 3.40. The van der Waals surface area contributed by atoms with E-state index >= 15 is 0 Å². The van der Waals surface area contributed by atoms with Gasteiger partial charge in [0.05, 0.1) is 31.6 Å². The van der Waals surface area contributed by atoms with Crippen molar-refractivity contribution in [3.8, 4) is 22.4 Å². The number of hydrogen-bond donors (Lipinski definition) is 1. The zero-order valence-corrected chi connectivity index (χ0v) is 22.1. The molecule has 5 rings (SSSR count). The molecule has 0 unspecified atom stereocenters. The van der Waals surface area contributed by atoms with Gasteiger partial charge in [0.25, 0.3) is 0 Å². The zero-order valence-electron chi connectivity index (χ0n) is 22.1. The lowest BCUT2D eigenvalue weighted by molar-refractivity contribution is -0.158. The molecule has 0 spiro atoms. The molecule has 2 amide bonds. The summed E-state index contributed by atoms with van der Waals surface area (Å²) in [6, 6.07) is 19.9. The number of nitrogens with zero attached hydrogens (tertiary/aromatic N) is 4. The molecule has 2 aromatic heterocycles. The number of aromatic nitrogens is 2. The molecular weight excluding hydrogens is 494 g/mol. The Morgan fingerprint density at radius 3 is 2.69 bits per heavy atom. The minimum Gasteiger partial charge on any atom is -0.379 e. The summed E-state index contributed by atoms with van der Waals surface area (Å²) in [6.07, 6.45) is 6.04. The van der Waals surface area contributed by atoms with Gasteiger partial charge in [-0.15, -0.1) is 0 Å². The van der Waals surface area contributed by atoms with Crippen LogP contribution in [0.25, 0.3) is 28.0 Å². The van der Waals surface area contributed by atoms with Gasteiger partial charge in [0.1, 0.15) is 5.65 Å². The molecule has 4 aromatic rings. The topological polar surface area (TPSA) is 88.4 Å². The molecule has 39 heavy (non-hydrogen) atoms. The van der Waals surface area contributed by atoms with Gasteiger partial charge in [0.2, 0.25) is 0 Å². The lowest BCUT2D eigenvalue weighted by atomic mass is 10.0. The number of nitrogens with one attached hydrogen (secondary N) is 1. The highest BCUT2D eigenvalue weighted by Gasteiger charge is 2.14. The van der Waals surface area contributed by atoms with E-state index in [9.17, 15) is 9.59 Å². The van der Waals surface area contributed by atoms with Crippen molar-refractivity contribution in [3.05, 3.63) is 78.6 Å². The predicted octanol–water partition coefficient (Wildman–Crippen LogP) is 4.87. The average molecular weight is 528 g/mol. The number of pyridine rings is 1. The van der Waals surface area contributed by atoms with Crippen molar-refractivity contribution in [1.29, 1.82) is 0 Å². The molecule has 0 saturated carbocycles. The maximum absolute atomic E-state index is 12.4. The van der Waals surface area contributed by atoms with E-state index in [0.29, 0.717) is 5.69 Å². The van der Waals surface area contributed by atoms with Crippen LogP contribution in [0.1, 0.15) is 18.9 Å². The number of amides is 2. The number of fused-ring (bicyclic) bond motifs is 1. The lowest BCUT2D eigenvalue weighted by Gasteiger charge is -2.26. The maximum Gasteiger partial charge on any atom is 0.355 e. The van der Waals surface area contributed by atoms with Crippen LogP contribution >= 0.6 is 0 Å². The number of hydrogen-bond acceptors (Lipinski definition) is 6. The van der Waals surface area contributed by atoms with Crippen LogP contribution in [0.3, 0.4) is 0 Å². The zero-order chi connectivity index (χ0) is 27.0. The first kappa shape index (κ1) is 26.4. The quantitative estimate of drug-likeness (QED) is 0.234. The summed E-state index contributed by atoms with van der Waals surface area (Å²) < 4.78 is 7.48. The van der Waals surface area contributed by atoms with E-state index in [0.717, 1.165) is 73.2 Å². The van der Waals surface area contributed by atoms with E-state index in [-0.39, 0.29) is 13.0 Å². The molecule has 0 aliphatic carbocycles. The molecule has 1 aliphatic heterocycles. The Morgan fingerprint density at radius 2 is 1.87 bits per heavy atom. The Balaban J connectivity index is 1.29. The molecule has 1 saturated heterocycles. The molecular formula is C30H33N5O4. The summed E-state index contributed by atoms with van der Waals surface area (Å²) in [7, 11) is 0. The van der Waals surface area contributed by atoms with Gasteiger partial charge in [0.15, 0.2) is 0 Å². The summed E-state index contributed by atoms with van der Waals surface area (Å²) >= 11 is 0. The number of morpholine rings is 1. The highest BCUT2D eigenvalue weighted by molar-refractivity contribution is 5.89. The highest BCUT2D eigenvalue weighted by atomic mass is 16.7. The second-order valence-electron chi connectivity index (χ2n) is 9.45. The smallest absolute Gasteiger partial charge is 0.355 e. The molecule has 1 aliphatic rings. The Kier molecular flexibility index (Phi) is 8.50. The van der Waals surface area contributed by atoms with Crippen LogP contribution in [0.4, 0.5) is 10.5 Å². The van der Waals surface area contributed by atoms with Crippen LogP contribution < -0.4 is 5.32 Å². The van der Waals surface area contributed by atoms with Gasteiger partial charge in [-0.2, -0.15) is 5.06 Å². The van der Waals surface area contributed by atoms with Crippen molar-refractivity contribution >= 4 is 23.8 Å². The van der Waals surface area contributed by atoms with Crippen molar-refractivity contribution in [2.45, 2.75) is 19.8 Å². The molecule has 3 heterocycles. The summed E-state index contributed by atoms with van der Waals surface area (Å²) in [4.78, 5) is 34.8. The van der Waals surface area contributed by atoms with Crippen molar-refractivity contribution < 1.29 is 19.2 Å². The molecule has 202 valence electrons. The van der Waals surface area contributed by atoms with Gasteiger partial charge in [-0.1, -0.05) is 36.4 Å². The minimum atomic E-state index is -0.521. The number of aryl methyl sites for hydroxylation is 1. The Morgan fingerprint density at radius 1 is 1.08 bits per heavy atom. The number of rotatable bonds is 10. The molecule has 1 N–H and O–H groups in total. The van der Waals surface area contributed by atoms with E-state index in [1.54, 1.807) is 13.0 Å². The second kappa shape index (κ2) is 12.6. The van der Waals surface area contributed by atoms with E-state index in [1.165, 1.54) is 11.1 Å². The standard InChI is InChI=1S/C30H33N5O4/c1-2-35(39-22-36)30(37)32-27-10-4-9-26(19-27)28-21-31-29-20-25(11-13-34(28)29)24-8-3-6-23(18-24)7-5-12-33-14-16-38-17-15-33/h3-4,6,8-11,13,18-22H,2,5,7,12,14-17H2,1H3,(H,32,37). The number of ether oxygens (including phenoxy) is 1. The third-order valence-corrected chi connectivity index (χ3v) is 6.91. The molecule has 0 radical (unpaired) electrons. The van der Waals surface area contributed by atoms with Gasteiger partial charge < -0.3 is 14.9 Å². The van der Waals surface area contributed by atoms with Crippen LogP contribution in [0, 0.1) is 0 Å². The molecule has 0 atom stereocenters. The fourth-order valence-corrected chi connectivity index (χ4v) is 4.87. The highest BCUT2D eigenvalue weighted by Crippen LogP contribution is 2.27. The van der Waals surface area contributed by atoms with Gasteiger partial charge in [0, 0.05) is 30.5 Å². The van der Waals surface area contributed by atoms with Gasteiger partial charge in [-0.05, 0) is 67.3 Å². The van der Waals surface area contributed by atoms with Crippen LogP contribution in [-0.4, -0.2) is 71.2 Å². The molecule has 0 bridgehead atoms. The van der Waals surface area contributed by atoms with Crippen LogP contribution in [0.15, 0.2) is 73.1 Å². The molecule has 9 heteroatoms. The number of carbonyl (C=O) groups excluding carboxylic acids is 2. The lowest BCUT2D eigenvalue weighted by Crippen LogP contribution is -2.36. The number of benzene rings is 2. The van der Waals surface area contributed by atoms with Crippen molar-refractivity contribution in [1.82, 2.24) is 19.3 Å². The van der Waals surface area contributed by atoms with E-state index in [4.69, 9.17) is 9.57 Å². The fraction of sp³-hybridized carbons (Fsp3) is 0.300. The van der Waals surface area contributed by atoms with E-state index < -0.39 is 6.03 Å². The first-order valence-electron chi connectivity index (χ1n) is 13.3. The number of urea groups is 1. The third kappa shape index (κ3) is 6.45. The minimum absolute atomic E-state index is 0.231. The second-order valence-corrected chi connectivity index (χ2v) is 9.45. The normalized spacial score (nSPS) is 13.8. The SMILES string of the molecule is CCN(OC=O)C(=O)Nc1cccc(-c2cnc3cc(-c4cccc(CCCN5CCOCC5)c4)ccn23)c1. The van der Waals surface area contributed by atoms with Gasteiger partial charge in [-0.25, -0.2) is 9.78 Å². The molecule has 9 nitrogen and oxygen atoms in total. The number of anilines is 1. The Hall–Kier alpha value is -4.21. The Labute approximate surface area is 227 Å². The Bertz CT molecular complexity index is 1430. The van der Waals surface area contributed by atoms with Crippen molar-refractivity contribution in [2.24, 2.45) is 0 Å². The summed E-state index contributed by atoms with van der Waals surface area (Å²) in [5, 5.41) is 3.72. The summed E-state index contributed by atoms with van der Waals surface area (Å²) in [5.74, 6) is 0. The monoisotopic (exact) mass is 527 g/mol. The first-order valence-corrected chi connectivity index (χ1v) is 13.3. The largest absolute Gasteiger partial charge is 0.379 e. The number of imidazole rings is 1. The van der Waals surface area contributed by atoms with Crippen molar-refractivity contribution in [2.75, 3.05) is 44.7 Å². The van der Waals surface area contributed by atoms with Crippen LogP contribution in [0.2, 0.25) is 0 Å². The van der Waals surface area contributed by atoms with Crippen molar-refractivity contribution in [3.63, 3.8) is 0 Å². The van der Waals surface area contributed by atoms with Gasteiger partial charge >= 0.3 is 12.5 Å². The molecule has 1 fully saturated rings. The number of carbonyl (C=O) groups is 2. The summed E-state index contributed by atoms with van der Waals surface area (Å²) in [5.41, 5.74) is 6.85.